The Kier molecular flexibility index (Phi) is 3.71. The fraction of sp³-hybridized carbons (Fsp3) is 0.333. The summed E-state index contributed by atoms with van der Waals surface area (Å²) in [7, 11) is 0. The summed E-state index contributed by atoms with van der Waals surface area (Å²) in [6, 6.07) is 5.16. The second kappa shape index (κ2) is 5.32. The quantitative estimate of drug-likeness (QED) is 0.921. The lowest BCUT2D eigenvalue weighted by Crippen LogP contribution is -2.15. The topological polar surface area (TPSA) is 59.2 Å². The molecule has 2 heterocycles. The number of halogens is 2. The lowest BCUT2D eigenvalue weighted by molar-refractivity contribution is 0.164. The molecule has 3 rings (SSSR count). The van der Waals surface area contributed by atoms with Crippen molar-refractivity contribution in [1.29, 1.82) is 0 Å². The minimum absolute atomic E-state index is 0.0889. The van der Waals surface area contributed by atoms with Crippen LogP contribution in [0, 0.1) is 0 Å². The van der Waals surface area contributed by atoms with Crippen molar-refractivity contribution in [2.45, 2.75) is 12.0 Å². The molecule has 1 aromatic heterocycles. The van der Waals surface area contributed by atoms with Gasteiger partial charge in [0.2, 0.25) is 11.7 Å². The maximum absolute atomic E-state index is 9.82. The van der Waals surface area contributed by atoms with Crippen molar-refractivity contribution in [2.75, 3.05) is 11.5 Å². The van der Waals surface area contributed by atoms with Crippen molar-refractivity contribution in [1.82, 2.24) is 10.1 Å². The SMILES string of the molecule is OC1CSCC1c1nc(-c2ccc(Cl)c(Cl)c2)no1. The average molecular weight is 317 g/mol. The van der Waals surface area contributed by atoms with Crippen molar-refractivity contribution in [2.24, 2.45) is 0 Å². The van der Waals surface area contributed by atoms with Gasteiger partial charge in [-0.2, -0.15) is 16.7 Å². The van der Waals surface area contributed by atoms with Crippen molar-refractivity contribution in [3.63, 3.8) is 0 Å². The van der Waals surface area contributed by atoms with Gasteiger partial charge in [0.05, 0.1) is 22.1 Å². The van der Waals surface area contributed by atoms with Crippen LogP contribution in [0.15, 0.2) is 22.7 Å². The van der Waals surface area contributed by atoms with E-state index in [2.05, 4.69) is 10.1 Å². The molecule has 19 heavy (non-hydrogen) atoms. The third-order valence-electron chi connectivity index (χ3n) is 2.99. The first kappa shape index (κ1) is 13.2. The zero-order valence-corrected chi connectivity index (χ0v) is 12.0. The van der Waals surface area contributed by atoms with Gasteiger partial charge in [0.1, 0.15) is 0 Å². The zero-order valence-electron chi connectivity index (χ0n) is 9.72. The van der Waals surface area contributed by atoms with Crippen molar-refractivity contribution >= 4 is 35.0 Å². The third kappa shape index (κ3) is 2.60. The molecule has 0 aliphatic carbocycles. The molecule has 7 heteroatoms. The lowest BCUT2D eigenvalue weighted by Gasteiger charge is -2.06. The van der Waals surface area contributed by atoms with Crippen LogP contribution in [0.4, 0.5) is 0 Å². The summed E-state index contributed by atoms with van der Waals surface area (Å²) in [4.78, 5) is 4.33. The summed E-state index contributed by atoms with van der Waals surface area (Å²) in [6.07, 6.45) is -0.424. The van der Waals surface area contributed by atoms with E-state index in [1.165, 1.54) is 0 Å². The normalized spacial score (nSPS) is 22.9. The van der Waals surface area contributed by atoms with Gasteiger partial charge in [-0.15, -0.1) is 0 Å². The van der Waals surface area contributed by atoms with E-state index in [0.29, 0.717) is 27.5 Å². The number of rotatable bonds is 2. The van der Waals surface area contributed by atoms with Gasteiger partial charge in [-0.25, -0.2) is 0 Å². The predicted molar refractivity (Wildman–Crippen MR) is 75.8 cm³/mol. The lowest BCUT2D eigenvalue weighted by atomic mass is 10.1. The van der Waals surface area contributed by atoms with Gasteiger partial charge in [-0.05, 0) is 18.2 Å². The fourth-order valence-electron chi connectivity index (χ4n) is 1.92. The highest BCUT2D eigenvalue weighted by molar-refractivity contribution is 7.99. The molecule has 1 aromatic carbocycles. The monoisotopic (exact) mass is 316 g/mol. The number of benzene rings is 1. The first-order chi connectivity index (χ1) is 9.15. The van der Waals surface area contributed by atoms with Gasteiger partial charge in [-0.1, -0.05) is 28.4 Å². The summed E-state index contributed by atoms with van der Waals surface area (Å²) >= 11 is 13.5. The first-order valence-corrected chi connectivity index (χ1v) is 7.61. The van der Waals surface area contributed by atoms with Gasteiger partial charge >= 0.3 is 0 Å². The molecule has 1 aliphatic rings. The molecule has 1 N–H and O–H groups in total. The molecule has 2 unspecified atom stereocenters. The molecule has 2 aromatic rings. The largest absolute Gasteiger partial charge is 0.391 e. The Balaban J connectivity index is 1.90. The maximum atomic E-state index is 9.82. The van der Waals surface area contributed by atoms with Gasteiger partial charge in [-0.3, -0.25) is 0 Å². The summed E-state index contributed by atoms with van der Waals surface area (Å²) < 4.78 is 5.23. The number of aliphatic hydroxyl groups excluding tert-OH is 1. The summed E-state index contributed by atoms with van der Waals surface area (Å²) in [5, 5.41) is 14.7. The molecule has 0 radical (unpaired) electrons. The Labute approximate surface area is 124 Å². The molecule has 2 atom stereocenters. The molecule has 4 nitrogen and oxygen atoms in total. The summed E-state index contributed by atoms with van der Waals surface area (Å²) in [5.41, 5.74) is 0.740. The minimum atomic E-state index is -0.424. The van der Waals surface area contributed by atoms with E-state index in [4.69, 9.17) is 27.7 Å². The van der Waals surface area contributed by atoms with Gasteiger partial charge in [0, 0.05) is 17.1 Å². The molecule has 0 bridgehead atoms. The number of thioether (sulfide) groups is 1. The zero-order chi connectivity index (χ0) is 13.4. The van der Waals surface area contributed by atoms with Gasteiger partial charge in [0.25, 0.3) is 0 Å². The second-order valence-corrected chi connectivity index (χ2v) is 6.19. The third-order valence-corrected chi connectivity index (χ3v) is 4.90. The predicted octanol–water partition coefficient (Wildman–Crippen LogP) is 3.23. The second-order valence-electron chi connectivity index (χ2n) is 4.30. The number of aromatic nitrogens is 2. The molecule has 1 fully saturated rings. The van der Waals surface area contributed by atoms with Crippen molar-refractivity contribution < 1.29 is 9.63 Å². The Morgan fingerprint density at radius 2 is 2.11 bits per heavy atom. The fourth-order valence-corrected chi connectivity index (χ4v) is 3.44. The average Bonchev–Trinajstić information content (AvgIpc) is 3.01. The van der Waals surface area contributed by atoms with E-state index in [1.807, 2.05) is 0 Å². The Bertz CT molecular complexity index is 605. The van der Waals surface area contributed by atoms with Gasteiger partial charge < -0.3 is 9.63 Å². The van der Waals surface area contributed by atoms with Crippen LogP contribution in [-0.4, -0.2) is 32.9 Å². The van der Waals surface area contributed by atoms with Crippen LogP contribution in [0.5, 0.6) is 0 Å². The number of aliphatic hydroxyl groups is 1. The highest BCUT2D eigenvalue weighted by Crippen LogP contribution is 2.33. The van der Waals surface area contributed by atoms with Crippen LogP contribution in [0.2, 0.25) is 10.0 Å². The number of hydrogen-bond donors (Lipinski definition) is 1. The van der Waals surface area contributed by atoms with E-state index in [1.54, 1.807) is 30.0 Å². The Hall–Kier alpha value is -0.750. The van der Waals surface area contributed by atoms with Crippen LogP contribution < -0.4 is 0 Å². The molecule has 0 spiro atoms. The molecule has 1 aliphatic heterocycles. The molecule has 0 saturated carbocycles. The first-order valence-electron chi connectivity index (χ1n) is 5.70. The van der Waals surface area contributed by atoms with E-state index in [9.17, 15) is 5.11 Å². The van der Waals surface area contributed by atoms with E-state index >= 15 is 0 Å². The molecule has 100 valence electrons. The van der Waals surface area contributed by atoms with E-state index < -0.39 is 6.10 Å². The van der Waals surface area contributed by atoms with Gasteiger partial charge in [0.15, 0.2) is 0 Å². The van der Waals surface area contributed by atoms with E-state index in [-0.39, 0.29) is 5.92 Å². The number of hydrogen-bond acceptors (Lipinski definition) is 5. The molecule has 0 amide bonds. The van der Waals surface area contributed by atoms with Crippen LogP contribution in [0.3, 0.4) is 0 Å². The maximum Gasteiger partial charge on any atom is 0.233 e. The van der Waals surface area contributed by atoms with Crippen LogP contribution >= 0.6 is 35.0 Å². The molecule has 1 saturated heterocycles. The molecular formula is C12H10Cl2N2O2S. The van der Waals surface area contributed by atoms with Crippen LogP contribution in [0.1, 0.15) is 11.8 Å². The van der Waals surface area contributed by atoms with Crippen LogP contribution in [-0.2, 0) is 0 Å². The highest BCUT2D eigenvalue weighted by Gasteiger charge is 2.32. The molecular weight excluding hydrogens is 307 g/mol. The Morgan fingerprint density at radius 3 is 2.79 bits per heavy atom. The van der Waals surface area contributed by atoms with Crippen LogP contribution in [0.25, 0.3) is 11.4 Å². The Morgan fingerprint density at radius 1 is 1.26 bits per heavy atom. The number of nitrogens with zero attached hydrogens (tertiary/aromatic N) is 2. The summed E-state index contributed by atoms with van der Waals surface area (Å²) in [5.74, 6) is 2.34. The summed E-state index contributed by atoms with van der Waals surface area (Å²) in [6.45, 7) is 0. The van der Waals surface area contributed by atoms with Crippen molar-refractivity contribution in [3.05, 3.63) is 34.1 Å². The smallest absolute Gasteiger partial charge is 0.233 e. The minimum Gasteiger partial charge on any atom is -0.391 e. The standard InChI is InChI=1S/C12H10Cl2N2O2S/c13-8-2-1-6(3-9(8)14)11-15-12(18-16-11)7-4-19-5-10(7)17/h1-3,7,10,17H,4-5H2. The van der Waals surface area contributed by atoms with E-state index in [0.717, 1.165) is 11.3 Å². The van der Waals surface area contributed by atoms with Crippen molar-refractivity contribution in [3.8, 4) is 11.4 Å². The highest BCUT2D eigenvalue weighted by atomic mass is 35.5.